The number of aryl methyl sites for hydroxylation is 2. The molecule has 2 N–H and O–H groups in total. The predicted octanol–water partition coefficient (Wildman–Crippen LogP) is 4.54. The summed E-state index contributed by atoms with van der Waals surface area (Å²) < 4.78 is 8.20. The molecular weight excluding hydrogens is 410 g/mol. The Bertz CT molecular complexity index is 1220. The van der Waals surface area contributed by atoms with Gasteiger partial charge in [-0.2, -0.15) is 5.10 Å². The molecule has 1 aliphatic rings. The minimum Gasteiger partial charge on any atom is -0.469 e. The van der Waals surface area contributed by atoms with Gasteiger partial charge in [0.2, 0.25) is 5.88 Å². The summed E-state index contributed by atoms with van der Waals surface area (Å²) in [4.78, 5) is 4.62. The van der Waals surface area contributed by atoms with Crippen LogP contribution in [-0.4, -0.2) is 34.0 Å². The van der Waals surface area contributed by atoms with E-state index in [0.717, 1.165) is 29.8 Å². The van der Waals surface area contributed by atoms with E-state index in [1.807, 2.05) is 31.7 Å². The number of benzene rings is 2. The molecule has 4 aromatic rings. The smallest absolute Gasteiger partial charge is 0.237 e. The molecule has 33 heavy (non-hydrogen) atoms. The number of hydrogen-bond donors (Lipinski definition) is 2. The predicted molar refractivity (Wildman–Crippen MR) is 131 cm³/mol. The molecule has 1 aliphatic heterocycles. The Hall–Kier alpha value is -3.64. The molecule has 0 radical (unpaired) electrons. The third-order valence-corrected chi connectivity index (χ3v) is 6.04. The molecule has 0 saturated carbocycles. The van der Waals surface area contributed by atoms with Gasteiger partial charge in [0.1, 0.15) is 6.10 Å². The number of fused-ring (bicyclic) bond motifs is 1. The van der Waals surface area contributed by atoms with E-state index in [1.165, 1.54) is 16.7 Å². The Morgan fingerprint density at radius 3 is 2.76 bits per heavy atom. The van der Waals surface area contributed by atoms with E-state index in [4.69, 9.17) is 4.74 Å². The molecule has 2 aromatic heterocycles. The lowest BCUT2D eigenvalue weighted by atomic mass is 9.99. The zero-order valence-corrected chi connectivity index (χ0v) is 19.0. The lowest BCUT2D eigenvalue weighted by Crippen LogP contribution is -2.43. The molecule has 0 aliphatic carbocycles. The molecule has 0 fully saturated rings. The topological polar surface area (TPSA) is 64.0 Å². The highest BCUT2D eigenvalue weighted by atomic mass is 16.5. The van der Waals surface area contributed by atoms with Crippen LogP contribution in [0.15, 0.2) is 79.3 Å². The molecule has 5 rings (SSSR count). The molecule has 3 heterocycles. The molecule has 6 heteroatoms. The van der Waals surface area contributed by atoms with E-state index in [-0.39, 0.29) is 12.1 Å². The Balaban J connectivity index is 1.32. The molecule has 168 valence electrons. The number of aromatic nitrogens is 3. The molecule has 0 spiro atoms. The van der Waals surface area contributed by atoms with Gasteiger partial charge in [-0.15, -0.1) is 0 Å². The van der Waals surface area contributed by atoms with Crippen molar-refractivity contribution in [3.63, 3.8) is 0 Å². The van der Waals surface area contributed by atoms with E-state index in [0.29, 0.717) is 12.4 Å². The van der Waals surface area contributed by atoms with Crippen LogP contribution in [-0.2, 0) is 13.5 Å². The second-order valence-electron chi connectivity index (χ2n) is 8.60. The number of anilines is 1. The standard InChI is InChI=1S/C27H29N5O/c1-19-7-6-8-20(13-19)11-12-28-26(21-9-4-3-5-10-21)25-17-29-24-14-22(15-30-27(24)33-25)23-16-31-32(2)18-23/h3-10,13-16,18,25-26,28-29H,11-12,17H2,1-2H3/t25-,26+/m0/s1. The number of nitrogens with zero attached hydrogens (tertiary/aromatic N) is 3. The van der Waals surface area contributed by atoms with Crippen molar-refractivity contribution in [3.05, 3.63) is 95.9 Å². The maximum atomic E-state index is 6.41. The molecule has 0 saturated heterocycles. The molecule has 2 aromatic carbocycles. The highest BCUT2D eigenvalue weighted by Crippen LogP contribution is 2.34. The fourth-order valence-electron chi connectivity index (χ4n) is 4.35. The van der Waals surface area contributed by atoms with Crippen molar-refractivity contribution in [3.8, 4) is 17.0 Å². The fourth-order valence-corrected chi connectivity index (χ4v) is 4.35. The van der Waals surface area contributed by atoms with E-state index in [2.05, 4.69) is 82.2 Å². The van der Waals surface area contributed by atoms with E-state index in [1.54, 1.807) is 4.68 Å². The van der Waals surface area contributed by atoms with Crippen LogP contribution in [0.5, 0.6) is 5.88 Å². The van der Waals surface area contributed by atoms with E-state index in [9.17, 15) is 0 Å². The second-order valence-corrected chi connectivity index (χ2v) is 8.60. The summed E-state index contributed by atoms with van der Waals surface area (Å²) in [5.74, 6) is 0.639. The molecule has 0 unspecified atom stereocenters. The summed E-state index contributed by atoms with van der Waals surface area (Å²) in [6.07, 6.45) is 6.57. The number of nitrogens with one attached hydrogen (secondary N) is 2. The van der Waals surface area contributed by atoms with Crippen molar-refractivity contribution in [1.82, 2.24) is 20.1 Å². The first-order valence-electron chi connectivity index (χ1n) is 11.4. The van der Waals surface area contributed by atoms with Gasteiger partial charge in [-0.1, -0.05) is 60.2 Å². The third kappa shape index (κ3) is 4.91. The van der Waals surface area contributed by atoms with Crippen molar-refractivity contribution in [2.45, 2.75) is 25.5 Å². The SMILES string of the molecule is Cc1cccc(CCN[C@H](c2ccccc2)[C@@H]2CNc3cc(-c4cnn(C)c4)cnc3O2)c1. The van der Waals surface area contributed by atoms with Crippen LogP contribution >= 0.6 is 0 Å². The average Bonchev–Trinajstić information content (AvgIpc) is 3.28. The van der Waals surface area contributed by atoms with Crippen LogP contribution in [0.4, 0.5) is 5.69 Å². The number of hydrogen-bond acceptors (Lipinski definition) is 5. The van der Waals surface area contributed by atoms with Crippen molar-refractivity contribution in [2.75, 3.05) is 18.4 Å². The van der Waals surface area contributed by atoms with Crippen molar-refractivity contribution in [2.24, 2.45) is 7.05 Å². The van der Waals surface area contributed by atoms with Crippen molar-refractivity contribution >= 4 is 5.69 Å². The lowest BCUT2D eigenvalue weighted by molar-refractivity contribution is 0.150. The summed E-state index contributed by atoms with van der Waals surface area (Å²) in [6.45, 7) is 3.70. The zero-order valence-electron chi connectivity index (χ0n) is 19.0. The van der Waals surface area contributed by atoms with Gasteiger partial charge in [-0.05, 0) is 37.1 Å². The Labute approximate surface area is 194 Å². The van der Waals surface area contributed by atoms with Crippen LogP contribution in [0.25, 0.3) is 11.1 Å². The van der Waals surface area contributed by atoms with Crippen molar-refractivity contribution in [1.29, 1.82) is 0 Å². The van der Waals surface area contributed by atoms with Gasteiger partial charge in [-0.3, -0.25) is 4.68 Å². The maximum Gasteiger partial charge on any atom is 0.237 e. The minimum atomic E-state index is -0.0749. The zero-order chi connectivity index (χ0) is 22.6. The van der Waals surface area contributed by atoms with Crippen LogP contribution in [0.3, 0.4) is 0 Å². The van der Waals surface area contributed by atoms with Gasteiger partial charge in [0.25, 0.3) is 0 Å². The molecule has 6 nitrogen and oxygen atoms in total. The minimum absolute atomic E-state index is 0.0523. The third-order valence-electron chi connectivity index (χ3n) is 6.04. The average molecular weight is 440 g/mol. The summed E-state index contributed by atoms with van der Waals surface area (Å²) >= 11 is 0. The first-order chi connectivity index (χ1) is 16.2. The number of rotatable bonds is 7. The summed E-state index contributed by atoms with van der Waals surface area (Å²) in [7, 11) is 1.91. The van der Waals surface area contributed by atoms with Crippen LogP contribution in [0.1, 0.15) is 22.7 Å². The highest BCUT2D eigenvalue weighted by Gasteiger charge is 2.29. The summed E-state index contributed by atoms with van der Waals surface area (Å²) in [5, 5.41) is 11.5. The molecule has 2 atom stereocenters. The van der Waals surface area contributed by atoms with Crippen LogP contribution in [0, 0.1) is 6.92 Å². The van der Waals surface area contributed by atoms with Gasteiger partial charge in [0.15, 0.2) is 0 Å². The Morgan fingerprint density at radius 1 is 1.09 bits per heavy atom. The molecular formula is C27H29N5O. The second kappa shape index (κ2) is 9.46. The first-order valence-corrected chi connectivity index (χ1v) is 11.4. The van der Waals surface area contributed by atoms with Crippen LogP contribution in [0.2, 0.25) is 0 Å². The van der Waals surface area contributed by atoms with E-state index < -0.39 is 0 Å². The van der Waals surface area contributed by atoms with Gasteiger partial charge >= 0.3 is 0 Å². The van der Waals surface area contributed by atoms with Gasteiger partial charge in [-0.25, -0.2) is 4.98 Å². The summed E-state index contributed by atoms with van der Waals surface area (Å²) in [6, 6.07) is 21.3. The highest BCUT2D eigenvalue weighted by molar-refractivity contribution is 5.69. The van der Waals surface area contributed by atoms with Gasteiger partial charge in [0.05, 0.1) is 24.5 Å². The maximum absolute atomic E-state index is 6.41. The largest absolute Gasteiger partial charge is 0.469 e. The lowest BCUT2D eigenvalue weighted by Gasteiger charge is -2.33. The number of pyridine rings is 1. The summed E-state index contributed by atoms with van der Waals surface area (Å²) in [5.41, 5.74) is 6.82. The Kier molecular flexibility index (Phi) is 6.09. The first kappa shape index (κ1) is 21.2. The van der Waals surface area contributed by atoms with Gasteiger partial charge in [0, 0.05) is 30.6 Å². The van der Waals surface area contributed by atoms with Crippen molar-refractivity contribution < 1.29 is 4.74 Å². The fraction of sp³-hybridized carbons (Fsp3) is 0.259. The number of ether oxygens (including phenoxy) is 1. The van der Waals surface area contributed by atoms with E-state index >= 15 is 0 Å². The Morgan fingerprint density at radius 2 is 1.97 bits per heavy atom. The molecule has 0 bridgehead atoms. The van der Waals surface area contributed by atoms with Crippen LogP contribution < -0.4 is 15.4 Å². The normalized spacial score (nSPS) is 15.9. The monoisotopic (exact) mass is 439 g/mol. The quantitative estimate of drug-likeness (QED) is 0.443. The van der Waals surface area contributed by atoms with Gasteiger partial charge < -0.3 is 15.4 Å². The molecule has 0 amide bonds.